The van der Waals surface area contributed by atoms with E-state index < -0.39 is 11.4 Å². The highest BCUT2D eigenvalue weighted by Gasteiger charge is 2.57. The Bertz CT molecular complexity index is 644. The van der Waals surface area contributed by atoms with Crippen molar-refractivity contribution in [2.45, 2.75) is 33.2 Å². The maximum Gasteiger partial charge on any atom is 0.321 e. The first-order chi connectivity index (χ1) is 11.5. The number of urea groups is 1. The summed E-state index contributed by atoms with van der Waals surface area (Å²) in [6.45, 7) is 6.01. The summed E-state index contributed by atoms with van der Waals surface area (Å²) in [6.07, 6.45) is 3.76. The second kappa shape index (κ2) is 6.43. The van der Waals surface area contributed by atoms with Crippen LogP contribution in [0.25, 0.3) is 0 Å². The minimum Gasteiger partial charge on any atom is -0.481 e. The Kier molecular flexibility index (Phi) is 4.49. The predicted molar refractivity (Wildman–Crippen MR) is 86.8 cm³/mol. The molecule has 0 bridgehead atoms. The number of fused-ring (bicyclic) bond motifs is 1. The van der Waals surface area contributed by atoms with E-state index in [1.165, 1.54) is 0 Å². The summed E-state index contributed by atoms with van der Waals surface area (Å²) in [5.74, 6) is -1.03. The summed E-state index contributed by atoms with van der Waals surface area (Å²) >= 11 is 0. The van der Waals surface area contributed by atoms with E-state index in [0.29, 0.717) is 18.8 Å². The fourth-order valence-electron chi connectivity index (χ4n) is 3.49. The molecule has 24 heavy (non-hydrogen) atoms. The van der Waals surface area contributed by atoms with E-state index >= 15 is 0 Å². The van der Waals surface area contributed by atoms with Crippen LogP contribution >= 0.6 is 0 Å². The minimum atomic E-state index is -0.961. The predicted octanol–water partition coefficient (Wildman–Crippen LogP) is 1.56. The van der Waals surface area contributed by atoms with Crippen LogP contribution in [0.15, 0.2) is 6.20 Å². The van der Waals surface area contributed by atoms with Crippen molar-refractivity contribution in [1.29, 1.82) is 0 Å². The number of nitrogens with zero attached hydrogens (tertiary/aromatic N) is 3. The molecule has 2 aliphatic rings. The van der Waals surface area contributed by atoms with Crippen LogP contribution in [-0.2, 0) is 16.1 Å². The molecule has 0 unspecified atom stereocenters. The highest BCUT2D eigenvalue weighted by atomic mass is 16.5. The topological polar surface area (TPSA) is 96.7 Å². The molecule has 3 heterocycles. The van der Waals surface area contributed by atoms with Gasteiger partial charge in [0.25, 0.3) is 0 Å². The Balaban J connectivity index is 1.66. The van der Waals surface area contributed by atoms with Crippen molar-refractivity contribution in [2.24, 2.45) is 11.3 Å². The normalized spacial score (nSPS) is 25.8. The van der Waals surface area contributed by atoms with E-state index in [0.717, 1.165) is 25.1 Å². The van der Waals surface area contributed by atoms with Crippen LogP contribution in [0, 0.1) is 18.3 Å². The van der Waals surface area contributed by atoms with Crippen molar-refractivity contribution in [3.8, 4) is 0 Å². The van der Waals surface area contributed by atoms with Crippen LogP contribution in [0.4, 0.5) is 10.5 Å². The minimum absolute atomic E-state index is 0.144. The Morgan fingerprint density at radius 3 is 3.00 bits per heavy atom. The average Bonchev–Trinajstić information content (AvgIpc) is 3.19. The van der Waals surface area contributed by atoms with Gasteiger partial charge in [-0.1, -0.05) is 13.3 Å². The zero-order valence-corrected chi connectivity index (χ0v) is 14.1. The molecule has 2 atom stereocenters. The van der Waals surface area contributed by atoms with Gasteiger partial charge < -0.3 is 20.1 Å². The lowest BCUT2D eigenvalue weighted by Gasteiger charge is -2.22. The highest BCUT2D eigenvalue weighted by Crippen LogP contribution is 2.41. The van der Waals surface area contributed by atoms with E-state index in [-0.39, 0.29) is 25.1 Å². The van der Waals surface area contributed by atoms with Gasteiger partial charge in [0, 0.05) is 25.6 Å². The number of carbonyl (C=O) groups is 2. The van der Waals surface area contributed by atoms with E-state index in [1.54, 1.807) is 11.1 Å². The van der Waals surface area contributed by atoms with Crippen LogP contribution in [-0.4, -0.2) is 58.1 Å². The molecule has 3 rings (SSSR count). The summed E-state index contributed by atoms with van der Waals surface area (Å²) in [5, 5.41) is 16.7. The monoisotopic (exact) mass is 336 g/mol. The number of aromatic nitrogens is 2. The van der Waals surface area contributed by atoms with Crippen molar-refractivity contribution in [3.05, 3.63) is 11.9 Å². The van der Waals surface area contributed by atoms with Gasteiger partial charge in [0.1, 0.15) is 5.41 Å². The first-order valence-corrected chi connectivity index (χ1v) is 8.37. The molecule has 2 saturated heterocycles. The fraction of sp³-hybridized carbons (Fsp3) is 0.688. The Hall–Kier alpha value is -2.09. The van der Waals surface area contributed by atoms with Gasteiger partial charge in [0.15, 0.2) is 0 Å². The fourth-order valence-corrected chi connectivity index (χ4v) is 3.49. The molecule has 1 aromatic heterocycles. The van der Waals surface area contributed by atoms with Gasteiger partial charge in [0.2, 0.25) is 0 Å². The van der Waals surface area contributed by atoms with Crippen molar-refractivity contribution < 1.29 is 19.4 Å². The lowest BCUT2D eigenvalue weighted by Crippen LogP contribution is -2.41. The molecule has 2 fully saturated rings. The quantitative estimate of drug-likeness (QED) is 0.850. The molecule has 8 nitrogen and oxygen atoms in total. The summed E-state index contributed by atoms with van der Waals surface area (Å²) in [6, 6.07) is -0.275. The molecule has 0 aliphatic carbocycles. The third-order valence-corrected chi connectivity index (χ3v) is 5.16. The molecule has 2 amide bonds. The third-order valence-electron chi connectivity index (χ3n) is 5.16. The summed E-state index contributed by atoms with van der Waals surface area (Å²) < 4.78 is 7.21. The van der Waals surface area contributed by atoms with Crippen LogP contribution in [0.5, 0.6) is 0 Å². The van der Waals surface area contributed by atoms with Crippen molar-refractivity contribution in [3.63, 3.8) is 0 Å². The van der Waals surface area contributed by atoms with Gasteiger partial charge in [0.05, 0.1) is 30.8 Å². The molecule has 0 radical (unpaired) electrons. The number of ether oxygens (including phenoxy) is 1. The molecule has 0 spiro atoms. The molecule has 1 aromatic rings. The maximum absolute atomic E-state index is 12.5. The second-order valence-electron chi connectivity index (χ2n) is 6.70. The number of aliphatic carboxylic acids is 1. The first kappa shape index (κ1) is 16.8. The number of likely N-dealkylation sites (tertiary alicyclic amines) is 1. The van der Waals surface area contributed by atoms with Crippen LogP contribution in [0.1, 0.15) is 25.5 Å². The average molecular weight is 336 g/mol. The number of carbonyl (C=O) groups excluding carboxylic acids is 1. The molecule has 8 heteroatoms. The molecule has 132 valence electrons. The highest BCUT2D eigenvalue weighted by molar-refractivity contribution is 5.91. The number of hydrogen-bond donors (Lipinski definition) is 2. The molecule has 0 saturated carbocycles. The smallest absolute Gasteiger partial charge is 0.321 e. The number of hydrogen-bond acceptors (Lipinski definition) is 4. The second-order valence-corrected chi connectivity index (χ2v) is 6.70. The number of carboxylic acids is 1. The van der Waals surface area contributed by atoms with E-state index in [2.05, 4.69) is 17.3 Å². The molecular weight excluding hydrogens is 312 g/mol. The number of nitrogens with one attached hydrogen (secondary N) is 1. The SMILES string of the molecule is CCCCn1ncc(NC(=O)N2C[C@@H]3COC[C@]3(C(=O)O)C2)c1C. The van der Waals surface area contributed by atoms with Gasteiger partial charge in [-0.25, -0.2) is 4.79 Å². The van der Waals surface area contributed by atoms with Crippen LogP contribution in [0.3, 0.4) is 0 Å². The number of rotatable bonds is 5. The van der Waals surface area contributed by atoms with Crippen molar-refractivity contribution in [1.82, 2.24) is 14.7 Å². The van der Waals surface area contributed by atoms with Gasteiger partial charge in [-0.2, -0.15) is 5.10 Å². The number of anilines is 1. The molecular formula is C16H24N4O4. The largest absolute Gasteiger partial charge is 0.481 e. The summed E-state index contributed by atoms with van der Waals surface area (Å²) in [4.78, 5) is 25.7. The Labute approximate surface area is 140 Å². The van der Waals surface area contributed by atoms with Gasteiger partial charge >= 0.3 is 12.0 Å². The van der Waals surface area contributed by atoms with Crippen LogP contribution < -0.4 is 5.32 Å². The number of aryl methyl sites for hydroxylation is 1. The lowest BCUT2D eigenvalue weighted by atomic mass is 9.81. The van der Waals surface area contributed by atoms with E-state index in [1.807, 2.05) is 11.6 Å². The molecule has 2 aliphatic heterocycles. The van der Waals surface area contributed by atoms with Crippen LogP contribution in [0.2, 0.25) is 0 Å². The molecule has 0 aromatic carbocycles. The van der Waals surface area contributed by atoms with Gasteiger partial charge in [-0.15, -0.1) is 0 Å². The summed E-state index contributed by atoms with van der Waals surface area (Å²) in [5.41, 5.74) is 0.624. The first-order valence-electron chi connectivity index (χ1n) is 8.37. The standard InChI is InChI=1S/C16H24N4O4/c1-3-4-5-20-11(2)13(6-17-20)18-15(23)19-7-12-8-24-10-16(12,9-19)14(21)22/h6,12H,3-5,7-10H2,1-2H3,(H,18,23)(H,21,22)/t12-,16-/m1/s1. The van der Waals surface area contributed by atoms with Crippen molar-refractivity contribution >= 4 is 17.7 Å². The Morgan fingerprint density at radius 1 is 1.54 bits per heavy atom. The summed E-state index contributed by atoms with van der Waals surface area (Å²) in [7, 11) is 0. The van der Waals surface area contributed by atoms with E-state index in [9.17, 15) is 14.7 Å². The van der Waals surface area contributed by atoms with Gasteiger partial charge in [-0.3, -0.25) is 9.48 Å². The number of carboxylic acid groups (broad SMARTS) is 1. The number of amides is 2. The zero-order valence-electron chi connectivity index (χ0n) is 14.1. The third kappa shape index (κ3) is 2.75. The molecule has 2 N–H and O–H groups in total. The maximum atomic E-state index is 12.5. The van der Waals surface area contributed by atoms with E-state index in [4.69, 9.17) is 4.74 Å². The van der Waals surface area contributed by atoms with Gasteiger partial charge in [-0.05, 0) is 13.3 Å². The lowest BCUT2D eigenvalue weighted by molar-refractivity contribution is -0.149. The zero-order chi connectivity index (χ0) is 17.3. The Morgan fingerprint density at radius 2 is 2.33 bits per heavy atom. The number of unbranched alkanes of at least 4 members (excludes halogenated alkanes) is 1. The van der Waals surface area contributed by atoms with Crippen molar-refractivity contribution in [2.75, 3.05) is 31.6 Å².